The van der Waals surface area contributed by atoms with E-state index in [1.165, 1.54) is 0 Å². The molecule has 106 valence electrons. The van der Waals surface area contributed by atoms with Crippen LogP contribution < -0.4 is 4.74 Å². The SMILES string of the molecule is c1cc(-c2nnc(OCc3nn[nH]n3)n2C2CC2)ccn1. The number of hydrogen-bond donors (Lipinski definition) is 1. The summed E-state index contributed by atoms with van der Waals surface area (Å²) in [5.74, 6) is 1.27. The lowest BCUT2D eigenvalue weighted by atomic mass is 10.2. The maximum Gasteiger partial charge on any atom is 0.317 e. The lowest BCUT2D eigenvalue weighted by molar-refractivity contribution is 0.258. The van der Waals surface area contributed by atoms with E-state index in [4.69, 9.17) is 4.74 Å². The first-order chi connectivity index (χ1) is 10.4. The number of tetrazole rings is 1. The van der Waals surface area contributed by atoms with Gasteiger partial charge in [0.2, 0.25) is 5.82 Å². The van der Waals surface area contributed by atoms with Gasteiger partial charge in [0.15, 0.2) is 12.4 Å². The minimum Gasteiger partial charge on any atom is -0.455 e. The van der Waals surface area contributed by atoms with Crippen molar-refractivity contribution in [2.75, 3.05) is 0 Å². The van der Waals surface area contributed by atoms with Crippen LogP contribution in [0.5, 0.6) is 6.01 Å². The second-order valence-corrected chi connectivity index (χ2v) is 4.76. The van der Waals surface area contributed by atoms with Gasteiger partial charge in [-0.15, -0.1) is 15.3 Å². The van der Waals surface area contributed by atoms with E-state index >= 15 is 0 Å². The molecule has 1 saturated carbocycles. The predicted octanol–water partition coefficient (Wildman–Crippen LogP) is 0.767. The summed E-state index contributed by atoms with van der Waals surface area (Å²) >= 11 is 0. The molecule has 0 unspecified atom stereocenters. The predicted molar refractivity (Wildman–Crippen MR) is 70.0 cm³/mol. The zero-order valence-electron chi connectivity index (χ0n) is 11.0. The highest BCUT2D eigenvalue weighted by atomic mass is 16.5. The summed E-state index contributed by atoms with van der Waals surface area (Å²) in [6.07, 6.45) is 5.69. The third-order valence-electron chi connectivity index (χ3n) is 3.23. The van der Waals surface area contributed by atoms with Crippen LogP contribution in [0.4, 0.5) is 0 Å². The van der Waals surface area contributed by atoms with Crippen LogP contribution in [-0.2, 0) is 6.61 Å². The number of aromatic amines is 1. The minimum atomic E-state index is 0.206. The fourth-order valence-electron chi connectivity index (χ4n) is 2.11. The van der Waals surface area contributed by atoms with Gasteiger partial charge in [-0.1, -0.05) is 10.3 Å². The Bertz CT molecular complexity index is 719. The molecule has 4 rings (SSSR count). The van der Waals surface area contributed by atoms with Gasteiger partial charge >= 0.3 is 6.01 Å². The quantitative estimate of drug-likeness (QED) is 0.737. The Morgan fingerprint density at radius 2 is 2.05 bits per heavy atom. The molecule has 1 aliphatic rings. The topological polar surface area (TPSA) is 107 Å². The number of nitrogens with one attached hydrogen (secondary N) is 1. The number of nitrogens with zero attached hydrogens (tertiary/aromatic N) is 7. The Morgan fingerprint density at radius 1 is 1.19 bits per heavy atom. The molecule has 0 spiro atoms. The molecule has 21 heavy (non-hydrogen) atoms. The molecule has 9 heteroatoms. The Balaban J connectivity index is 1.64. The molecule has 1 fully saturated rings. The summed E-state index contributed by atoms with van der Waals surface area (Å²) in [6, 6.07) is 4.69. The Hall–Kier alpha value is -2.84. The van der Waals surface area contributed by atoms with Crippen LogP contribution in [0.25, 0.3) is 11.4 Å². The second kappa shape index (κ2) is 4.93. The van der Waals surface area contributed by atoms with Crippen LogP contribution >= 0.6 is 0 Å². The van der Waals surface area contributed by atoms with Crippen molar-refractivity contribution in [3.8, 4) is 17.4 Å². The summed E-state index contributed by atoms with van der Waals surface area (Å²) in [5.41, 5.74) is 0.971. The van der Waals surface area contributed by atoms with Crippen LogP contribution in [0.3, 0.4) is 0 Å². The van der Waals surface area contributed by atoms with Crippen molar-refractivity contribution in [1.29, 1.82) is 0 Å². The number of ether oxygens (including phenoxy) is 1. The van der Waals surface area contributed by atoms with Crippen molar-refractivity contribution in [1.82, 2.24) is 40.4 Å². The van der Waals surface area contributed by atoms with Crippen molar-refractivity contribution in [2.24, 2.45) is 0 Å². The normalized spacial score (nSPS) is 14.3. The molecule has 0 aliphatic heterocycles. The Labute approximate surface area is 119 Å². The van der Waals surface area contributed by atoms with Gasteiger partial charge < -0.3 is 4.74 Å². The third kappa shape index (κ3) is 2.33. The van der Waals surface area contributed by atoms with Gasteiger partial charge in [-0.2, -0.15) is 5.21 Å². The van der Waals surface area contributed by atoms with Crippen molar-refractivity contribution in [2.45, 2.75) is 25.5 Å². The maximum absolute atomic E-state index is 5.67. The second-order valence-electron chi connectivity index (χ2n) is 4.76. The molecule has 3 aromatic rings. The van der Waals surface area contributed by atoms with E-state index in [-0.39, 0.29) is 6.61 Å². The van der Waals surface area contributed by atoms with Crippen molar-refractivity contribution in [3.63, 3.8) is 0 Å². The van der Waals surface area contributed by atoms with E-state index in [1.54, 1.807) is 12.4 Å². The Kier molecular flexibility index (Phi) is 2.80. The molecular weight excluding hydrogens is 272 g/mol. The lowest BCUT2D eigenvalue weighted by Gasteiger charge is -2.08. The van der Waals surface area contributed by atoms with Crippen molar-refractivity contribution >= 4 is 0 Å². The van der Waals surface area contributed by atoms with E-state index in [2.05, 4.69) is 35.8 Å². The van der Waals surface area contributed by atoms with Gasteiger partial charge in [0.1, 0.15) is 0 Å². The van der Waals surface area contributed by atoms with Gasteiger partial charge in [0.25, 0.3) is 0 Å². The molecule has 0 aromatic carbocycles. The van der Waals surface area contributed by atoms with Gasteiger partial charge in [-0.3, -0.25) is 9.55 Å². The van der Waals surface area contributed by atoms with Crippen LogP contribution in [0.2, 0.25) is 0 Å². The zero-order valence-corrected chi connectivity index (χ0v) is 11.0. The number of aromatic nitrogens is 8. The van der Waals surface area contributed by atoms with Gasteiger partial charge in [0, 0.05) is 24.0 Å². The molecule has 0 atom stereocenters. The van der Waals surface area contributed by atoms with Crippen LogP contribution in [-0.4, -0.2) is 40.4 Å². The van der Waals surface area contributed by atoms with E-state index in [1.807, 2.05) is 16.7 Å². The molecule has 0 bridgehead atoms. The largest absolute Gasteiger partial charge is 0.455 e. The number of pyridine rings is 1. The standard InChI is InChI=1S/C12H12N8O/c1-2-9(1)20-11(8-3-5-13-6-4-8)16-17-12(20)21-7-10-14-18-19-15-10/h3-6,9H,1-2,7H2,(H,14,15,18,19). The van der Waals surface area contributed by atoms with Gasteiger partial charge in [-0.25, -0.2) is 0 Å². The average Bonchev–Trinajstić information content (AvgIpc) is 3.07. The maximum atomic E-state index is 5.67. The van der Waals surface area contributed by atoms with Crippen molar-refractivity contribution < 1.29 is 4.74 Å². The summed E-state index contributed by atoms with van der Waals surface area (Å²) in [4.78, 5) is 4.02. The highest BCUT2D eigenvalue weighted by Gasteiger charge is 2.31. The third-order valence-corrected chi connectivity index (χ3v) is 3.23. The van der Waals surface area contributed by atoms with E-state index in [0.29, 0.717) is 17.9 Å². The van der Waals surface area contributed by atoms with Crippen LogP contribution in [0, 0.1) is 0 Å². The fourth-order valence-corrected chi connectivity index (χ4v) is 2.11. The smallest absolute Gasteiger partial charge is 0.317 e. The number of rotatable bonds is 5. The molecular formula is C12H12N8O. The molecule has 3 heterocycles. The van der Waals surface area contributed by atoms with E-state index in [0.717, 1.165) is 24.2 Å². The molecule has 1 N–H and O–H groups in total. The van der Waals surface area contributed by atoms with E-state index in [9.17, 15) is 0 Å². The zero-order chi connectivity index (χ0) is 14.1. The minimum absolute atomic E-state index is 0.206. The summed E-state index contributed by atoms with van der Waals surface area (Å²) in [5, 5.41) is 22.0. The highest BCUT2D eigenvalue weighted by molar-refractivity contribution is 5.55. The summed E-state index contributed by atoms with van der Waals surface area (Å²) in [7, 11) is 0. The Morgan fingerprint density at radius 3 is 2.76 bits per heavy atom. The van der Waals surface area contributed by atoms with Gasteiger partial charge in [-0.05, 0) is 25.0 Å². The van der Waals surface area contributed by atoms with Gasteiger partial charge in [0.05, 0.1) is 0 Å². The highest BCUT2D eigenvalue weighted by Crippen LogP contribution is 2.40. The van der Waals surface area contributed by atoms with Crippen molar-refractivity contribution in [3.05, 3.63) is 30.4 Å². The number of H-pyrrole nitrogens is 1. The fraction of sp³-hybridized carbons (Fsp3) is 0.333. The summed E-state index contributed by atoms with van der Waals surface area (Å²) in [6.45, 7) is 0.206. The lowest BCUT2D eigenvalue weighted by Crippen LogP contribution is -2.05. The first kappa shape index (κ1) is 11.9. The molecule has 9 nitrogen and oxygen atoms in total. The monoisotopic (exact) mass is 284 g/mol. The average molecular weight is 284 g/mol. The molecule has 1 aliphatic carbocycles. The molecule has 0 amide bonds. The molecule has 3 aromatic heterocycles. The van der Waals surface area contributed by atoms with Crippen LogP contribution in [0.15, 0.2) is 24.5 Å². The summed E-state index contributed by atoms with van der Waals surface area (Å²) < 4.78 is 7.70. The van der Waals surface area contributed by atoms with E-state index < -0.39 is 0 Å². The molecule has 0 radical (unpaired) electrons. The molecule has 0 saturated heterocycles. The number of hydrogen-bond acceptors (Lipinski definition) is 7. The van der Waals surface area contributed by atoms with Crippen LogP contribution in [0.1, 0.15) is 24.7 Å². The first-order valence-corrected chi connectivity index (χ1v) is 6.62. The first-order valence-electron chi connectivity index (χ1n) is 6.62.